The molecular formula is C12H15ClN2O3S. The van der Waals surface area contributed by atoms with E-state index in [1.54, 1.807) is 18.2 Å². The summed E-state index contributed by atoms with van der Waals surface area (Å²) in [6, 6.07) is 4.88. The number of thioether (sulfide) groups is 1. The van der Waals surface area contributed by atoms with Gasteiger partial charge in [-0.15, -0.1) is 11.8 Å². The second kappa shape index (κ2) is 7.91. The number of hydrogen-bond acceptors (Lipinski definition) is 5. The zero-order chi connectivity index (χ0) is 14.3. The van der Waals surface area contributed by atoms with Crippen LogP contribution in [0.3, 0.4) is 0 Å². The smallest absolute Gasteiger partial charge is 0.315 e. The summed E-state index contributed by atoms with van der Waals surface area (Å²) in [5.74, 6) is 0.316. The molecule has 0 spiro atoms. The van der Waals surface area contributed by atoms with Gasteiger partial charge >= 0.3 is 5.97 Å². The molecule has 0 atom stereocenters. The third-order valence-electron chi connectivity index (χ3n) is 2.19. The van der Waals surface area contributed by atoms with Crippen LogP contribution >= 0.6 is 23.4 Å². The minimum absolute atomic E-state index is 0.163. The van der Waals surface area contributed by atoms with E-state index in [9.17, 15) is 9.59 Å². The Balaban J connectivity index is 2.33. The highest BCUT2D eigenvalue weighted by Gasteiger charge is 2.07. The average Bonchev–Trinajstić information content (AvgIpc) is 2.37. The van der Waals surface area contributed by atoms with Gasteiger partial charge in [-0.2, -0.15) is 0 Å². The Hall–Kier alpha value is -1.40. The number of ether oxygens (including phenoxy) is 1. The summed E-state index contributed by atoms with van der Waals surface area (Å²) in [5.41, 5.74) is 6.62. The van der Waals surface area contributed by atoms with E-state index in [1.165, 1.54) is 18.9 Å². The quantitative estimate of drug-likeness (QED) is 0.478. The summed E-state index contributed by atoms with van der Waals surface area (Å²) in [4.78, 5) is 22.5. The summed E-state index contributed by atoms with van der Waals surface area (Å²) in [5, 5.41) is 3.08. The Bertz CT molecular complexity index is 468. The van der Waals surface area contributed by atoms with Crippen molar-refractivity contribution in [2.75, 3.05) is 29.7 Å². The number of benzene rings is 1. The van der Waals surface area contributed by atoms with Crippen molar-refractivity contribution < 1.29 is 14.3 Å². The number of methoxy groups -OCH3 is 1. The first kappa shape index (κ1) is 15.7. The van der Waals surface area contributed by atoms with Crippen molar-refractivity contribution in [1.29, 1.82) is 0 Å². The number of carbonyl (C=O) groups is 2. The number of amides is 1. The zero-order valence-corrected chi connectivity index (χ0v) is 12.0. The molecule has 0 aliphatic rings. The zero-order valence-electron chi connectivity index (χ0n) is 10.4. The van der Waals surface area contributed by atoms with Crippen molar-refractivity contribution in [2.24, 2.45) is 0 Å². The summed E-state index contributed by atoms with van der Waals surface area (Å²) in [6.07, 6.45) is 0.294. The Morgan fingerprint density at radius 1 is 1.47 bits per heavy atom. The number of nitrogens with two attached hydrogens (primary N) is 1. The molecule has 0 aliphatic heterocycles. The third-order valence-corrected chi connectivity index (χ3v) is 3.43. The lowest BCUT2D eigenvalue weighted by Gasteiger charge is -2.07. The van der Waals surface area contributed by atoms with E-state index in [4.69, 9.17) is 17.3 Å². The molecule has 1 rings (SSSR count). The van der Waals surface area contributed by atoms with Crippen LogP contribution in [0.1, 0.15) is 6.42 Å². The molecule has 0 saturated heterocycles. The fourth-order valence-electron chi connectivity index (χ4n) is 1.22. The Labute approximate surface area is 120 Å². The van der Waals surface area contributed by atoms with Crippen LogP contribution in [0.4, 0.5) is 11.4 Å². The Kier molecular flexibility index (Phi) is 6.52. The molecule has 0 saturated carbocycles. The van der Waals surface area contributed by atoms with Crippen LogP contribution in [0.5, 0.6) is 0 Å². The van der Waals surface area contributed by atoms with Crippen molar-refractivity contribution in [3.8, 4) is 0 Å². The van der Waals surface area contributed by atoms with E-state index >= 15 is 0 Å². The topological polar surface area (TPSA) is 81.4 Å². The molecule has 0 aromatic heterocycles. The van der Waals surface area contributed by atoms with E-state index < -0.39 is 0 Å². The molecule has 0 heterocycles. The number of halogens is 1. The number of anilines is 2. The van der Waals surface area contributed by atoms with Crippen LogP contribution in [-0.2, 0) is 14.3 Å². The highest BCUT2D eigenvalue weighted by atomic mass is 35.5. The SMILES string of the molecule is COC(=O)CSCCC(=O)Nc1ccc(N)cc1Cl. The van der Waals surface area contributed by atoms with Gasteiger partial charge in [-0.05, 0) is 18.2 Å². The fraction of sp³-hybridized carbons (Fsp3) is 0.333. The minimum atomic E-state index is -0.299. The highest BCUT2D eigenvalue weighted by molar-refractivity contribution is 7.99. The van der Waals surface area contributed by atoms with Gasteiger partial charge < -0.3 is 15.8 Å². The van der Waals surface area contributed by atoms with E-state index in [0.717, 1.165) is 0 Å². The van der Waals surface area contributed by atoms with E-state index in [2.05, 4.69) is 10.1 Å². The fourth-order valence-corrected chi connectivity index (χ4v) is 2.22. The molecule has 104 valence electrons. The monoisotopic (exact) mass is 302 g/mol. The Morgan fingerprint density at radius 2 is 2.21 bits per heavy atom. The lowest BCUT2D eigenvalue weighted by Crippen LogP contribution is -2.13. The van der Waals surface area contributed by atoms with Gasteiger partial charge in [0.25, 0.3) is 0 Å². The molecule has 7 heteroatoms. The van der Waals surface area contributed by atoms with Gasteiger partial charge in [0.1, 0.15) is 0 Å². The van der Waals surface area contributed by atoms with Crippen LogP contribution < -0.4 is 11.1 Å². The molecule has 0 bridgehead atoms. The third kappa shape index (κ3) is 5.85. The molecule has 5 nitrogen and oxygen atoms in total. The van der Waals surface area contributed by atoms with Crippen LogP contribution in [0.25, 0.3) is 0 Å². The van der Waals surface area contributed by atoms with Crippen molar-refractivity contribution >= 4 is 46.6 Å². The summed E-state index contributed by atoms with van der Waals surface area (Å²) in [7, 11) is 1.33. The highest BCUT2D eigenvalue weighted by Crippen LogP contribution is 2.24. The predicted molar refractivity (Wildman–Crippen MR) is 78.5 cm³/mol. The lowest BCUT2D eigenvalue weighted by atomic mass is 10.3. The lowest BCUT2D eigenvalue weighted by molar-refractivity contribution is -0.137. The minimum Gasteiger partial charge on any atom is -0.468 e. The van der Waals surface area contributed by atoms with Gasteiger partial charge in [-0.25, -0.2) is 0 Å². The standard InChI is InChI=1S/C12H15ClN2O3S/c1-18-12(17)7-19-5-4-11(16)15-10-3-2-8(14)6-9(10)13/h2-3,6H,4-5,7,14H2,1H3,(H,15,16). The summed E-state index contributed by atoms with van der Waals surface area (Å²) >= 11 is 7.28. The van der Waals surface area contributed by atoms with Crippen molar-refractivity contribution in [1.82, 2.24) is 0 Å². The van der Waals surface area contributed by atoms with Gasteiger partial charge in [0.05, 0.1) is 23.6 Å². The maximum atomic E-state index is 11.6. The van der Waals surface area contributed by atoms with Crippen molar-refractivity contribution in [2.45, 2.75) is 6.42 Å². The average molecular weight is 303 g/mol. The number of nitrogens with one attached hydrogen (secondary N) is 1. The Morgan fingerprint density at radius 3 is 2.84 bits per heavy atom. The second-order valence-electron chi connectivity index (χ2n) is 3.67. The van der Waals surface area contributed by atoms with Crippen molar-refractivity contribution in [3.63, 3.8) is 0 Å². The first-order valence-corrected chi connectivity index (χ1v) is 7.05. The first-order chi connectivity index (χ1) is 9.02. The molecule has 1 aromatic rings. The maximum absolute atomic E-state index is 11.6. The van der Waals surface area contributed by atoms with Gasteiger partial charge in [-0.3, -0.25) is 9.59 Å². The molecule has 0 fully saturated rings. The van der Waals surface area contributed by atoms with Gasteiger partial charge in [0.15, 0.2) is 0 Å². The van der Waals surface area contributed by atoms with E-state index in [0.29, 0.717) is 28.6 Å². The van der Waals surface area contributed by atoms with Crippen LogP contribution in [-0.4, -0.2) is 30.5 Å². The molecule has 19 heavy (non-hydrogen) atoms. The van der Waals surface area contributed by atoms with Crippen LogP contribution in [0.15, 0.2) is 18.2 Å². The predicted octanol–water partition coefficient (Wildman–Crippen LogP) is 2.16. The maximum Gasteiger partial charge on any atom is 0.315 e. The summed E-state index contributed by atoms with van der Waals surface area (Å²) < 4.78 is 4.49. The second-order valence-corrected chi connectivity index (χ2v) is 5.18. The number of rotatable bonds is 6. The van der Waals surface area contributed by atoms with Gasteiger partial charge in [-0.1, -0.05) is 11.6 Å². The molecule has 1 amide bonds. The van der Waals surface area contributed by atoms with Crippen molar-refractivity contribution in [3.05, 3.63) is 23.2 Å². The molecule has 0 radical (unpaired) electrons. The molecule has 0 aliphatic carbocycles. The molecular weight excluding hydrogens is 288 g/mol. The number of carbonyl (C=O) groups excluding carboxylic acids is 2. The number of hydrogen-bond donors (Lipinski definition) is 2. The van der Waals surface area contributed by atoms with Crippen LogP contribution in [0.2, 0.25) is 5.02 Å². The molecule has 3 N–H and O–H groups in total. The van der Waals surface area contributed by atoms with E-state index in [1.807, 2.05) is 0 Å². The number of nitrogen functional groups attached to an aromatic ring is 1. The largest absolute Gasteiger partial charge is 0.468 e. The molecule has 0 unspecified atom stereocenters. The normalized spacial score (nSPS) is 10.0. The van der Waals surface area contributed by atoms with Crippen LogP contribution in [0, 0.1) is 0 Å². The van der Waals surface area contributed by atoms with Gasteiger partial charge in [0, 0.05) is 17.9 Å². The first-order valence-electron chi connectivity index (χ1n) is 5.52. The molecule has 1 aromatic carbocycles. The van der Waals surface area contributed by atoms with E-state index in [-0.39, 0.29) is 17.6 Å². The number of esters is 1. The summed E-state index contributed by atoms with van der Waals surface area (Å²) in [6.45, 7) is 0. The van der Waals surface area contributed by atoms with Gasteiger partial charge in [0.2, 0.25) is 5.91 Å².